The molecule has 0 saturated carbocycles. The molecule has 1 aliphatic rings. The molecule has 214 valence electrons. The lowest BCUT2D eigenvalue weighted by atomic mass is 9.95. The topological polar surface area (TPSA) is 64.3 Å². The number of pyridine rings is 1. The predicted molar refractivity (Wildman–Crippen MR) is 162 cm³/mol. The number of H-pyrrole nitrogens is 1. The monoisotopic (exact) mass is 609 g/mol. The summed E-state index contributed by atoms with van der Waals surface area (Å²) in [4.78, 5) is 24.5. The smallest absolute Gasteiger partial charge is 0.139 e. The van der Waals surface area contributed by atoms with E-state index >= 15 is 0 Å². The van der Waals surface area contributed by atoms with Crippen molar-refractivity contribution in [2.45, 2.75) is 32.0 Å². The zero-order chi connectivity index (χ0) is 26.8. The SMILES string of the molecule is CC(C)NC(C(C=O)c1ccc(Cl)cc1)N1CCN(c2c(-c3cc(F)cc(F)c3)cnc3[nH]ccc23)CC1.Cl.Cl. The number of aromatic amines is 1. The fraction of sp³-hybridized carbons (Fsp3) is 0.310. The summed E-state index contributed by atoms with van der Waals surface area (Å²) in [5, 5.41) is 5.11. The number of nitrogens with zero attached hydrogens (tertiary/aromatic N) is 3. The molecule has 0 radical (unpaired) electrons. The van der Waals surface area contributed by atoms with E-state index in [-0.39, 0.29) is 42.9 Å². The summed E-state index contributed by atoms with van der Waals surface area (Å²) in [6.07, 6.45) is 4.29. The van der Waals surface area contributed by atoms with Gasteiger partial charge in [0.1, 0.15) is 23.6 Å². The van der Waals surface area contributed by atoms with Gasteiger partial charge in [-0.1, -0.05) is 23.7 Å². The van der Waals surface area contributed by atoms with Crippen LogP contribution in [0.5, 0.6) is 0 Å². The van der Waals surface area contributed by atoms with E-state index in [4.69, 9.17) is 11.6 Å². The first-order chi connectivity index (χ1) is 18.3. The minimum Gasteiger partial charge on any atom is -0.368 e. The Balaban J connectivity index is 0.00000220. The van der Waals surface area contributed by atoms with E-state index < -0.39 is 11.6 Å². The van der Waals surface area contributed by atoms with Crippen LogP contribution in [0.2, 0.25) is 5.02 Å². The highest BCUT2D eigenvalue weighted by Crippen LogP contribution is 2.37. The Labute approximate surface area is 249 Å². The maximum absolute atomic E-state index is 14.1. The third-order valence-electron chi connectivity index (χ3n) is 7.00. The van der Waals surface area contributed by atoms with Gasteiger partial charge in [-0.2, -0.15) is 0 Å². The number of hydrogen-bond acceptors (Lipinski definition) is 5. The second-order valence-electron chi connectivity index (χ2n) is 9.92. The second-order valence-corrected chi connectivity index (χ2v) is 10.4. The zero-order valence-corrected chi connectivity index (χ0v) is 24.5. The number of nitrogens with one attached hydrogen (secondary N) is 2. The number of anilines is 1. The summed E-state index contributed by atoms with van der Waals surface area (Å²) in [6, 6.07) is 13.1. The molecule has 5 rings (SSSR count). The molecule has 6 nitrogen and oxygen atoms in total. The molecule has 2 unspecified atom stereocenters. The average Bonchev–Trinajstić information content (AvgIpc) is 3.37. The molecule has 1 aliphatic heterocycles. The Bertz CT molecular complexity index is 1400. The highest BCUT2D eigenvalue weighted by Gasteiger charge is 2.32. The molecule has 4 aromatic rings. The molecule has 40 heavy (non-hydrogen) atoms. The highest BCUT2D eigenvalue weighted by molar-refractivity contribution is 6.30. The lowest BCUT2D eigenvalue weighted by Gasteiger charge is -2.43. The summed E-state index contributed by atoms with van der Waals surface area (Å²) in [5.74, 6) is -1.63. The number of aldehydes is 1. The van der Waals surface area contributed by atoms with E-state index in [2.05, 4.69) is 38.9 Å². The van der Waals surface area contributed by atoms with E-state index in [0.29, 0.717) is 48.0 Å². The van der Waals surface area contributed by atoms with Gasteiger partial charge >= 0.3 is 0 Å². The lowest BCUT2D eigenvalue weighted by molar-refractivity contribution is -0.111. The molecule has 0 bridgehead atoms. The lowest BCUT2D eigenvalue weighted by Crippen LogP contribution is -2.58. The number of carbonyl (C=O) groups is 1. The second kappa shape index (κ2) is 13.7. The van der Waals surface area contributed by atoms with Gasteiger partial charge in [-0.15, -0.1) is 24.8 Å². The maximum atomic E-state index is 14.1. The molecule has 2 N–H and O–H groups in total. The molecule has 0 spiro atoms. The van der Waals surface area contributed by atoms with Gasteiger partial charge in [-0.3, -0.25) is 10.2 Å². The minimum atomic E-state index is -0.630. The van der Waals surface area contributed by atoms with E-state index in [1.165, 1.54) is 12.1 Å². The predicted octanol–water partition coefficient (Wildman–Crippen LogP) is 6.43. The van der Waals surface area contributed by atoms with Gasteiger partial charge in [-0.05, 0) is 55.3 Å². The van der Waals surface area contributed by atoms with Crippen molar-refractivity contribution in [1.29, 1.82) is 0 Å². The van der Waals surface area contributed by atoms with E-state index in [1.807, 2.05) is 24.4 Å². The fourth-order valence-corrected chi connectivity index (χ4v) is 5.40. The van der Waals surface area contributed by atoms with E-state index in [1.54, 1.807) is 18.3 Å². The van der Waals surface area contributed by atoms with Gasteiger partial charge in [0, 0.05) is 66.7 Å². The number of carbonyl (C=O) groups excluding carboxylic acids is 1. The molecule has 11 heteroatoms. The van der Waals surface area contributed by atoms with Crippen molar-refractivity contribution in [3.63, 3.8) is 0 Å². The van der Waals surface area contributed by atoms with Gasteiger partial charge in [0.15, 0.2) is 0 Å². The molecule has 1 saturated heterocycles. The van der Waals surface area contributed by atoms with Crippen LogP contribution in [0.3, 0.4) is 0 Å². The molecule has 2 atom stereocenters. The van der Waals surface area contributed by atoms with Gasteiger partial charge < -0.3 is 14.7 Å². The number of benzene rings is 2. The quantitative estimate of drug-likeness (QED) is 0.225. The molecule has 2 aromatic carbocycles. The fourth-order valence-electron chi connectivity index (χ4n) is 5.28. The Morgan fingerprint density at radius 2 is 1.65 bits per heavy atom. The third-order valence-corrected chi connectivity index (χ3v) is 7.25. The summed E-state index contributed by atoms with van der Waals surface area (Å²) in [5.41, 5.74) is 3.63. The van der Waals surface area contributed by atoms with Crippen molar-refractivity contribution >= 4 is 59.4 Å². The van der Waals surface area contributed by atoms with Crippen molar-refractivity contribution in [1.82, 2.24) is 20.2 Å². The van der Waals surface area contributed by atoms with E-state index in [0.717, 1.165) is 29.0 Å². The van der Waals surface area contributed by atoms with Crippen LogP contribution in [-0.2, 0) is 4.79 Å². The van der Waals surface area contributed by atoms with E-state index in [9.17, 15) is 13.6 Å². The largest absolute Gasteiger partial charge is 0.368 e. The maximum Gasteiger partial charge on any atom is 0.139 e. The highest BCUT2D eigenvalue weighted by atomic mass is 35.5. The van der Waals surface area contributed by atoms with Crippen LogP contribution in [0.4, 0.5) is 14.5 Å². The van der Waals surface area contributed by atoms with Crippen molar-refractivity contribution in [2.75, 3.05) is 31.1 Å². The standard InChI is InChI=1S/C29H30ClF2N5O.2ClH/c1-18(2)35-29(26(17-38)19-3-5-21(30)6-4-19)37-11-9-36(10-12-37)27-24-7-8-33-28(24)34-16-25(27)20-13-22(31)15-23(32)14-20;;/h3-8,13-18,26,29,35H,9-12H2,1-2H3,(H,33,34);2*1H. The molecule has 0 amide bonds. The summed E-state index contributed by atoms with van der Waals surface area (Å²) < 4.78 is 28.3. The first-order valence-electron chi connectivity index (χ1n) is 12.7. The number of halogens is 5. The summed E-state index contributed by atoms with van der Waals surface area (Å²) in [6.45, 7) is 6.84. The normalized spacial score (nSPS) is 15.4. The van der Waals surface area contributed by atoms with Crippen LogP contribution < -0.4 is 10.2 Å². The number of piperazine rings is 1. The Kier molecular flexibility index (Phi) is 10.9. The van der Waals surface area contributed by atoms with Crippen LogP contribution >= 0.6 is 36.4 Å². The number of aromatic nitrogens is 2. The molecular weight excluding hydrogens is 579 g/mol. The van der Waals surface area contributed by atoms with Gasteiger partial charge in [0.2, 0.25) is 0 Å². The Morgan fingerprint density at radius 3 is 2.25 bits per heavy atom. The van der Waals surface area contributed by atoms with Crippen molar-refractivity contribution < 1.29 is 13.6 Å². The molecule has 3 heterocycles. The first-order valence-corrected chi connectivity index (χ1v) is 13.1. The molecular formula is C29H32Cl3F2N5O. The van der Waals surface area contributed by atoms with Crippen molar-refractivity contribution in [3.05, 3.63) is 83.1 Å². The summed E-state index contributed by atoms with van der Waals surface area (Å²) in [7, 11) is 0. The number of fused-ring (bicyclic) bond motifs is 1. The molecule has 0 aliphatic carbocycles. The average molecular weight is 611 g/mol. The third kappa shape index (κ3) is 6.75. The van der Waals surface area contributed by atoms with Crippen molar-refractivity contribution in [3.8, 4) is 11.1 Å². The minimum absolute atomic E-state index is 0. The first kappa shape index (κ1) is 31.8. The van der Waals surface area contributed by atoms with Gasteiger partial charge in [0.25, 0.3) is 0 Å². The number of hydrogen-bond donors (Lipinski definition) is 2. The Hall–Kier alpha value is -2.75. The molecule has 1 fully saturated rings. The van der Waals surface area contributed by atoms with Crippen LogP contribution in [0, 0.1) is 11.6 Å². The number of rotatable bonds is 8. The zero-order valence-electron chi connectivity index (χ0n) is 22.1. The summed E-state index contributed by atoms with van der Waals surface area (Å²) >= 11 is 6.09. The van der Waals surface area contributed by atoms with Crippen LogP contribution in [0.1, 0.15) is 25.3 Å². The van der Waals surface area contributed by atoms with Gasteiger partial charge in [0.05, 0.1) is 17.8 Å². The van der Waals surface area contributed by atoms with Crippen LogP contribution in [0.15, 0.2) is 60.9 Å². The van der Waals surface area contributed by atoms with Gasteiger partial charge in [-0.25, -0.2) is 13.8 Å². The van der Waals surface area contributed by atoms with Crippen molar-refractivity contribution in [2.24, 2.45) is 0 Å². The van der Waals surface area contributed by atoms with Crippen LogP contribution in [-0.4, -0.2) is 59.5 Å². The molecule has 2 aromatic heterocycles. The Morgan fingerprint density at radius 1 is 1.00 bits per heavy atom. The van der Waals surface area contributed by atoms with Crippen LogP contribution in [0.25, 0.3) is 22.2 Å².